The monoisotopic (exact) mass is 561 g/mol. The Labute approximate surface area is 232 Å². The van der Waals surface area contributed by atoms with E-state index in [0.717, 1.165) is 44.2 Å². The van der Waals surface area contributed by atoms with E-state index in [9.17, 15) is 13.2 Å². The molecule has 2 aliphatic rings. The summed E-state index contributed by atoms with van der Waals surface area (Å²) >= 11 is 5.73. The molecule has 0 bridgehead atoms. The van der Waals surface area contributed by atoms with Crippen LogP contribution in [0.5, 0.6) is 5.75 Å². The van der Waals surface area contributed by atoms with E-state index in [1.165, 1.54) is 5.56 Å². The van der Waals surface area contributed by atoms with Crippen LogP contribution in [0.2, 0.25) is 0 Å². The van der Waals surface area contributed by atoms with Crippen molar-refractivity contribution >= 4 is 33.2 Å². The molecule has 2 heterocycles. The third-order valence-corrected chi connectivity index (χ3v) is 9.89. The van der Waals surface area contributed by atoms with Crippen LogP contribution in [-0.2, 0) is 21.2 Å². The molecule has 2 aromatic rings. The standard InChI is InChI=1S/C29H40ClN3O4S/c1-37-28-12-11-26(23-27(28)31-18-20-32(21-19-31)29(34)10-6-3-7-15-30)38(35,36)33-16-13-25(14-17-33)22-24-8-4-2-5-9-24/h2,4-5,8-9,11-12,23,25H,3,6-7,10,13-22H2,1H3. The molecule has 0 saturated carbocycles. The van der Waals surface area contributed by atoms with Gasteiger partial charge in [-0.3, -0.25) is 4.79 Å². The second kappa shape index (κ2) is 13.7. The Hall–Kier alpha value is -2.29. The van der Waals surface area contributed by atoms with Gasteiger partial charge in [-0.05, 0) is 61.8 Å². The first kappa shape index (κ1) is 28.7. The molecule has 38 heavy (non-hydrogen) atoms. The maximum absolute atomic E-state index is 13.6. The Bertz CT molecular complexity index is 1150. The Morgan fingerprint density at radius 1 is 0.947 bits per heavy atom. The van der Waals surface area contributed by atoms with Crippen molar-refractivity contribution in [1.82, 2.24) is 9.21 Å². The van der Waals surface area contributed by atoms with E-state index in [4.69, 9.17) is 16.3 Å². The highest BCUT2D eigenvalue weighted by molar-refractivity contribution is 7.89. The normalized spacial score (nSPS) is 17.5. The molecular weight excluding hydrogens is 522 g/mol. The minimum atomic E-state index is -3.61. The topological polar surface area (TPSA) is 70.2 Å². The second-order valence-corrected chi connectivity index (χ2v) is 12.6. The predicted molar refractivity (Wildman–Crippen MR) is 153 cm³/mol. The van der Waals surface area contributed by atoms with Gasteiger partial charge < -0.3 is 14.5 Å². The van der Waals surface area contributed by atoms with Crippen molar-refractivity contribution in [2.24, 2.45) is 5.92 Å². The van der Waals surface area contributed by atoms with Crippen LogP contribution in [0.1, 0.15) is 44.1 Å². The van der Waals surface area contributed by atoms with Gasteiger partial charge in [0.1, 0.15) is 5.75 Å². The summed E-state index contributed by atoms with van der Waals surface area (Å²) < 4.78 is 34.4. The number of benzene rings is 2. The zero-order chi connectivity index (χ0) is 27.0. The maximum Gasteiger partial charge on any atom is 0.243 e. The van der Waals surface area contributed by atoms with Gasteiger partial charge in [0, 0.05) is 51.6 Å². The average molecular weight is 562 g/mol. The van der Waals surface area contributed by atoms with Crippen molar-refractivity contribution in [3.05, 3.63) is 54.1 Å². The summed E-state index contributed by atoms with van der Waals surface area (Å²) in [7, 11) is -2.00. The van der Waals surface area contributed by atoms with E-state index in [1.807, 2.05) is 11.0 Å². The summed E-state index contributed by atoms with van der Waals surface area (Å²) in [5.74, 6) is 1.95. The first-order chi connectivity index (χ1) is 18.4. The number of nitrogens with zero attached hydrogens (tertiary/aromatic N) is 3. The third kappa shape index (κ3) is 7.21. The zero-order valence-corrected chi connectivity index (χ0v) is 23.9. The molecule has 4 rings (SSSR count). The Morgan fingerprint density at radius 3 is 2.32 bits per heavy atom. The summed E-state index contributed by atoms with van der Waals surface area (Å²) in [5.41, 5.74) is 2.07. The minimum Gasteiger partial charge on any atom is -0.495 e. The number of halogens is 1. The summed E-state index contributed by atoms with van der Waals surface area (Å²) in [6.45, 7) is 3.57. The van der Waals surface area contributed by atoms with Crippen molar-refractivity contribution in [1.29, 1.82) is 0 Å². The van der Waals surface area contributed by atoms with E-state index < -0.39 is 10.0 Å². The summed E-state index contributed by atoms with van der Waals surface area (Å²) in [6.07, 6.45) is 6.03. The van der Waals surface area contributed by atoms with Gasteiger partial charge in [0.25, 0.3) is 0 Å². The van der Waals surface area contributed by atoms with Crippen LogP contribution in [-0.4, -0.2) is 75.8 Å². The fraction of sp³-hybridized carbons (Fsp3) is 0.552. The molecule has 0 atom stereocenters. The molecule has 2 aromatic carbocycles. The number of piperazine rings is 1. The molecule has 1 amide bonds. The van der Waals surface area contributed by atoms with Crippen molar-refractivity contribution in [3.63, 3.8) is 0 Å². The third-order valence-electron chi connectivity index (χ3n) is 7.73. The van der Waals surface area contributed by atoms with Gasteiger partial charge in [0.15, 0.2) is 0 Å². The second-order valence-electron chi connectivity index (χ2n) is 10.2. The molecule has 0 aromatic heterocycles. The highest BCUT2D eigenvalue weighted by atomic mass is 35.5. The van der Waals surface area contributed by atoms with Gasteiger partial charge in [0.05, 0.1) is 17.7 Å². The number of hydrogen-bond acceptors (Lipinski definition) is 5. The van der Waals surface area contributed by atoms with Crippen LogP contribution in [0.25, 0.3) is 0 Å². The molecule has 2 fully saturated rings. The lowest BCUT2D eigenvalue weighted by molar-refractivity contribution is -0.131. The SMILES string of the molecule is COc1ccc(S(=O)(=O)N2CCC(Cc3ccccc3)CC2)cc1N1CCN(C(=O)CCCCCCl)CC1. The number of carbonyl (C=O) groups is 1. The molecule has 208 valence electrons. The van der Waals surface area contributed by atoms with Crippen LogP contribution in [0.3, 0.4) is 0 Å². The van der Waals surface area contributed by atoms with Gasteiger partial charge >= 0.3 is 0 Å². The molecule has 0 N–H and O–H groups in total. The lowest BCUT2D eigenvalue weighted by atomic mass is 9.91. The minimum absolute atomic E-state index is 0.179. The smallest absolute Gasteiger partial charge is 0.243 e. The number of sulfonamides is 1. The van der Waals surface area contributed by atoms with Crippen LogP contribution >= 0.6 is 11.6 Å². The van der Waals surface area contributed by atoms with Crippen molar-refractivity contribution in [3.8, 4) is 5.75 Å². The molecule has 2 aliphatic heterocycles. The van der Waals surface area contributed by atoms with E-state index >= 15 is 0 Å². The van der Waals surface area contributed by atoms with Crippen molar-refractivity contribution in [2.75, 3.05) is 57.2 Å². The number of anilines is 1. The molecule has 0 spiro atoms. The van der Waals surface area contributed by atoms with Crippen molar-refractivity contribution < 1.29 is 17.9 Å². The molecule has 7 nitrogen and oxygen atoms in total. The lowest BCUT2D eigenvalue weighted by Crippen LogP contribution is -2.48. The number of methoxy groups -OCH3 is 1. The summed E-state index contributed by atoms with van der Waals surface area (Å²) in [6, 6.07) is 15.5. The molecule has 0 unspecified atom stereocenters. The van der Waals surface area contributed by atoms with Crippen LogP contribution in [0.15, 0.2) is 53.4 Å². The largest absolute Gasteiger partial charge is 0.495 e. The number of ether oxygens (including phenoxy) is 1. The number of carbonyl (C=O) groups excluding carboxylic acids is 1. The number of hydrogen-bond donors (Lipinski definition) is 0. The number of amides is 1. The van der Waals surface area contributed by atoms with E-state index in [0.29, 0.717) is 68.1 Å². The number of rotatable bonds is 11. The highest BCUT2D eigenvalue weighted by Crippen LogP contribution is 2.34. The van der Waals surface area contributed by atoms with Gasteiger partial charge in [-0.25, -0.2) is 8.42 Å². The molecule has 0 radical (unpaired) electrons. The van der Waals surface area contributed by atoms with E-state index in [1.54, 1.807) is 29.6 Å². The first-order valence-electron chi connectivity index (χ1n) is 13.7. The van der Waals surface area contributed by atoms with Crippen LogP contribution in [0.4, 0.5) is 5.69 Å². The Balaban J connectivity index is 1.37. The highest BCUT2D eigenvalue weighted by Gasteiger charge is 2.31. The molecule has 2 saturated heterocycles. The van der Waals surface area contributed by atoms with Gasteiger partial charge in [-0.1, -0.05) is 36.8 Å². The summed E-state index contributed by atoms with van der Waals surface area (Å²) in [5, 5.41) is 0. The number of unbranched alkanes of at least 4 members (excludes halogenated alkanes) is 2. The van der Waals surface area contributed by atoms with Crippen LogP contribution < -0.4 is 9.64 Å². The lowest BCUT2D eigenvalue weighted by Gasteiger charge is -2.37. The summed E-state index contributed by atoms with van der Waals surface area (Å²) in [4.78, 5) is 16.9. The molecular formula is C29H40ClN3O4S. The molecule has 0 aliphatic carbocycles. The Morgan fingerprint density at radius 2 is 1.66 bits per heavy atom. The fourth-order valence-corrected chi connectivity index (χ4v) is 7.11. The fourth-order valence-electron chi connectivity index (χ4n) is 5.43. The maximum atomic E-state index is 13.6. The number of piperidine rings is 1. The van der Waals surface area contributed by atoms with Gasteiger partial charge in [-0.2, -0.15) is 4.31 Å². The van der Waals surface area contributed by atoms with E-state index in [-0.39, 0.29) is 5.91 Å². The van der Waals surface area contributed by atoms with E-state index in [2.05, 4.69) is 29.2 Å². The van der Waals surface area contributed by atoms with Gasteiger partial charge in [-0.15, -0.1) is 11.6 Å². The molecule has 9 heteroatoms. The average Bonchev–Trinajstić information content (AvgIpc) is 2.96. The van der Waals surface area contributed by atoms with Gasteiger partial charge in [0.2, 0.25) is 15.9 Å². The van der Waals surface area contributed by atoms with Crippen molar-refractivity contribution in [2.45, 2.75) is 49.8 Å². The predicted octanol–water partition coefficient (Wildman–Crippen LogP) is 4.79. The van der Waals surface area contributed by atoms with Crippen LogP contribution in [0, 0.1) is 5.92 Å². The first-order valence-corrected chi connectivity index (χ1v) is 15.7. The quantitative estimate of drug-likeness (QED) is 0.291. The number of alkyl halides is 1. The Kier molecular flexibility index (Phi) is 10.3. The zero-order valence-electron chi connectivity index (χ0n) is 22.4.